The molecule has 1 N–H and O–H groups in total. The average Bonchev–Trinajstić information content (AvgIpc) is 2.05. The molecular formula is C9H8F4O3S. The van der Waals surface area contributed by atoms with Crippen LogP contribution in [0, 0.1) is 5.82 Å². The van der Waals surface area contributed by atoms with Gasteiger partial charge in [-0.2, -0.15) is 0 Å². The van der Waals surface area contributed by atoms with Crippen molar-refractivity contribution >= 4 is 15.2 Å². The highest BCUT2D eigenvalue weighted by Gasteiger charge is 2.32. The quantitative estimate of drug-likeness (QED) is 0.663. The molecule has 3 nitrogen and oxygen atoms in total. The molecule has 0 spiro atoms. The Labute approximate surface area is 94.9 Å². The maximum absolute atomic E-state index is 12.8. The van der Waals surface area contributed by atoms with Crippen molar-refractivity contribution in [2.24, 2.45) is 0 Å². The van der Waals surface area contributed by atoms with Crippen LogP contribution in [-0.2, 0) is 9.80 Å². The van der Waals surface area contributed by atoms with E-state index < -0.39 is 27.7 Å². The fourth-order valence-electron chi connectivity index (χ4n) is 1.05. The fraction of sp³-hybridized carbons (Fsp3) is 0.222. The summed E-state index contributed by atoms with van der Waals surface area (Å²) in [5, 5.41) is 0.674. The summed E-state index contributed by atoms with van der Waals surface area (Å²) in [5.41, 5.74) is -0.307. The molecule has 1 atom stereocenters. The first-order valence-electron chi connectivity index (χ1n) is 4.18. The van der Waals surface area contributed by atoms with E-state index in [0.29, 0.717) is 11.4 Å². The molecule has 0 heterocycles. The van der Waals surface area contributed by atoms with Gasteiger partial charge in [0.05, 0.1) is 9.80 Å². The van der Waals surface area contributed by atoms with E-state index in [9.17, 15) is 21.8 Å². The summed E-state index contributed by atoms with van der Waals surface area (Å²) in [6.07, 6.45) is -4.09. The first-order chi connectivity index (χ1) is 7.57. The van der Waals surface area contributed by atoms with Gasteiger partial charge in [-0.05, 0) is 12.1 Å². The Morgan fingerprint density at radius 2 is 2.00 bits per heavy atom. The maximum Gasteiger partial charge on any atom is 0.573 e. The topological polar surface area (TPSA) is 46.5 Å². The molecule has 1 unspecified atom stereocenters. The van der Waals surface area contributed by atoms with Gasteiger partial charge in [0.1, 0.15) is 11.6 Å². The van der Waals surface area contributed by atoms with Gasteiger partial charge in [0.15, 0.2) is 0 Å². The van der Waals surface area contributed by atoms with E-state index in [0.717, 1.165) is 18.4 Å². The first kappa shape index (κ1) is 13.8. The Hall–Kier alpha value is -1.28. The molecule has 0 saturated heterocycles. The number of alkyl halides is 3. The van der Waals surface area contributed by atoms with Crippen LogP contribution in [0.3, 0.4) is 0 Å². The number of hydrogen-bond acceptors (Lipinski definition) is 2. The van der Waals surface area contributed by atoms with Gasteiger partial charge < -0.3 is 9.29 Å². The molecule has 0 aliphatic rings. The predicted molar refractivity (Wildman–Crippen MR) is 54.9 cm³/mol. The van der Waals surface area contributed by atoms with Crippen LogP contribution in [0.1, 0.15) is 5.56 Å². The average molecular weight is 272 g/mol. The van der Waals surface area contributed by atoms with Crippen molar-refractivity contribution in [3.05, 3.63) is 29.6 Å². The van der Waals surface area contributed by atoms with Crippen LogP contribution in [0.2, 0.25) is 0 Å². The highest BCUT2D eigenvalue weighted by molar-refractivity contribution is 7.95. The second kappa shape index (κ2) is 4.53. The molecule has 96 valence electrons. The molecule has 17 heavy (non-hydrogen) atoms. The SMILES string of the molecule is CS(=O)(O)=Cc1ccc(F)cc1OC(F)(F)F. The summed E-state index contributed by atoms with van der Waals surface area (Å²) in [6.45, 7) is 0. The van der Waals surface area contributed by atoms with Gasteiger partial charge in [-0.15, -0.1) is 13.2 Å². The van der Waals surface area contributed by atoms with Crippen molar-refractivity contribution < 1.29 is 31.1 Å². The summed E-state index contributed by atoms with van der Waals surface area (Å²) < 4.78 is 72.3. The molecule has 0 amide bonds. The molecule has 0 aliphatic heterocycles. The second-order valence-electron chi connectivity index (χ2n) is 3.21. The van der Waals surface area contributed by atoms with Gasteiger partial charge in [-0.1, -0.05) is 0 Å². The minimum atomic E-state index is -5.00. The van der Waals surface area contributed by atoms with E-state index in [1.54, 1.807) is 0 Å². The summed E-state index contributed by atoms with van der Waals surface area (Å²) in [7, 11) is -3.41. The summed E-state index contributed by atoms with van der Waals surface area (Å²) >= 11 is 0. The van der Waals surface area contributed by atoms with Crippen LogP contribution >= 0.6 is 0 Å². The number of hydrogen-bond donors (Lipinski definition) is 1. The van der Waals surface area contributed by atoms with E-state index in [1.165, 1.54) is 0 Å². The molecule has 0 saturated carbocycles. The smallest absolute Gasteiger partial charge is 0.405 e. The third-order valence-electron chi connectivity index (χ3n) is 1.55. The Balaban J connectivity index is 3.28. The van der Waals surface area contributed by atoms with Gasteiger partial charge in [0, 0.05) is 23.3 Å². The van der Waals surface area contributed by atoms with Crippen molar-refractivity contribution in [3.8, 4) is 5.75 Å². The summed E-state index contributed by atoms with van der Waals surface area (Å²) in [4.78, 5) is 0. The van der Waals surface area contributed by atoms with Crippen LogP contribution in [0.25, 0.3) is 0 Å². The van der Waals surface area contributed by atoms with E-state index in [1.807, 2.05) is 0 Å². The Kier molecular flexibility index (Phi) is 3.68. The molecule has 0 bridgehead atoms. The Morgan fingerprint density at radius 3 is 2.47 bits per heavy atom. The zero-order valence-corrected chi connectivity index (χ0v) is 9.31. The van der Waals surface area contributed by atoms with E-state index in [-0.39, 0.29) is 5.56 Å². The zero-order chi connectivity index (χ0) is 13.3. The number of rotatable bonds is 2. The number of halogens is 4. The lowest BCUT2D eigenvalue weighted by molar-refractivity contribution is -0.274. The van der Waals surface area contributed by atoms with Gasteiger partial charge >= 0.3 is 6.36 Å². The molecule has 8 heteroatoms. The van der Waals surface area contributed by atoms with Crippen molar-refractivity contribution in [1.82, 2.24) is 0 Å². The molecular weight excluding hydrogens is 264 g/mol. The molecule has 0 radical (unpaired) electrons. The lowest BCUT2D eigenvalue weighted by atomic mass is 10.2. The molecule has 1 aromatic rings. The fourth-order valence-corrected chi connectivity index (χ4v) is 1.72. The van der Waals surface area contributed by atoms with Crippen LogP contribution in [0.4, 0.5) is 17.6 Å². The minimum Gasteiger partial charge on any atom is -0.405 e. The second-order valence-corrected chi connectivity index (χ2v) is 5.17. The van der Waals surface area contributed by atoms with Gasteiger partial charge in [-0.25, -0.2) is 8.60 Å². The molecule has 0 aliphatic carbocycles. The molecule has 1 aromatic carbocycles. The van der Waals surface area contributed by atoms with Gasteiger partial charge in [0.2, 0.25) is 0 Å². The highest BCUT2D eigenvalue weighted by Crippen LogP contribution is 2.26. The van der Waals surface area contributed by atoms with Crippen molar-refractivity contribution in [2.45, 2.75) is 6.36 Å². The normalized spacial score (nSPS) is 15.2. The zero-order valence-electron chi connectivity index (χ0n) is 8.49. The van der Waals surface area contributed by atoms with Crippen molar-refractivity contribution in [3.63, 3.8) is 0 Å². The van der Waals surface area contributed by atoms with Gasteiger partial charge in [-0.3, -0.25) is 0 Å². The Morgan fingerprint density at radius 1 is 1.41 bits per heavy atom. The van der Waals surface area contributed by atoms with Crippen LogP contribution in [-0.4, -0.2) is 26.7 Å². The van der Waals surface area contributed by atoms with Gasteiger partial charge in [0.25, 0.3) is 0 Å². The minimum absolute atomic E-state index is 0.307. The third-order valence-corrected chi connectivity index (χ3v) is 2.24. The molecule has 0 fully saturated rings. The highest BCUT2D eigenvalue weighted by atomic mass is 32.2. The molecule has 0 aromatic heterocycles. The monoisotopic (exact) mass is 272 g/mol. The van der Waals surface area contributed by atoms with Crippen LogP contribution in [0.15, 0.2) is 18.2 Å². The summed E-state index contributed by atoms with van der Waals surface area (Å²) in [6, 6.07) is 2.28. The first-order valence-corrected chi connectivity index (χ1v) is 6.17. The standard InChI is InChI=1S/C9H8F4O3S/c1-17(14,15)5-6-2-3-7(10)4-8(6)16-9(11,12)13/h2-5H,1H3,(H,14,15). The predicted octanol–water partition coefficient (Wildman–Crippen LogP) is 2.26. The van der Waals surface area contributed by atoms with E-state index in [4.69, 9.17) is 4.55 Å². The van der Waals surface area contributed by atoms with E-state index >= 15 is 0 Å². The van der Waals surface area contributed by atoms with Crippen molar-refractivity contribution in [1.29, 1.82) is 0 Å². The summed E-state index contributed by atoms with van der Waals surface area (Å²) in [5.74, 6) is -1.80. The lowest BCUT2D eigenvalue weighted by Crippen LogP contribution is -2.18. The Bertz CT molecular complexity index is 522. The number of ether oxygens (including phenoxy) is 1. The van der Waals surface area contributed by atoms with Crippen LogP contribution < -0.4 is 4.74 Å². The van der Waals surface area contributed by atoms with Crippen molar-refractivity contribution in [2.75, 3.05) is 6.26 Å². The number of benzene rings is 1. The largest absolute Gasteiger partial charge is 0.573 e. The molecule has 1 rings (SSSR count). The van der Waals surface area contributed by atoms with Crippen LogP contribution in [0.5, 0.6) is 5.75 Å². The van der Waals surface area contributed by atoms with E-state index in [2.05, 4.69) is 4.74 Å². The third kappa shape index (κ3) is 5.05. The lowest BCUT2D eigenvalue weighted by Gasteiger charge is -2.11. The maximum atomic E-state index is 12.8.